The summed E-state index contributed by atoms with van der Waals surface area (Å²) >= 11 is 0. The van der Waals surface area contributed by atoms with Crippen molar-refractivity contribution in [2.75, 3.05) is 7.11 Å². The summed E-state index contributed by atoms with van der Waals surface area (Å²) in [5.41, 5.74) is 1.78. The molecule has 0 radical (unpaired) electrons. The predicted molar refractivity (Wildman–Crippen MR) is 78.6 cm³/mol. The smallest absolute Gasteiger partial charge is 0.122 e. The maximum absolute atomic E-state index is 10.9. The number of methoxy groups -OCH3 is 1. The average Bonchev–Trinajstić information content (AvgIpc) is 2.26. The Hall–Kier alpha value is -1.02. The van der Waals surface area contributed by atoms with E-state index in [1.54, 1.807) is 7.11 Å². The van der Waals surface area contributed by atoms with E-state index >= 15 is 0 Å². The Balaban J connectivity index is 2.21. The molecular formula is C17H26O2. The zero-order valence-electron chi connectivity index (χ0n) is 12.6. The van der Waals surface area contributed by atoms with Crippen LogP contribution in [-0.4, -0.2) is 17.8 Å². The van der Waals surface area contributed by atoms with E-state index in [0.717, 1.165) is 24.2 Å². The van der Waals surface area contributed by atoms with E-state index in [2.05, 4.69) is 32.9 Å². The second kappa shape index (κ2) is 5.54. The van der Waals surface area contributed by atoms with Crippen molar-refractivity contribution in [1.29, 1.82) is 0 Å². The number of hydrogen-bond acceptors (Lipinski definition) is 2. The summed E-state index contributed by atoms with van der Waals surface area (Å²) in [6.45, 7) is 6.57. The fourth-order valence-electron chi connectivity index (χ4n) is 3.78. The molecule has 0 aromatic heterocycles. The van der Waals surface area contributed by atoms with Crippen LogP contribution in [0.25, 0.3) is 0 Å². The van der Waals surface area contributed by atoms with Crippen molar-refractivity contribution in [2.24, 2.45) is 11.8 Å². The monoisotopic (exact) mass is 262 g/mol. The summed E-state index contributed by atoms with van der Waals surface area (Å²) in [7, 11) is 1.70. The molecule has 2 heteroatoms. The number of hydrogen-bond donors (Lipinski definition) is 1. The Bertz CT molecular complexity index is 429. The molecule has 2 unspecified atom stereocenters. The second-order valence-corrected chi connectivity index (χ2v) is 6.57. The molecule has 1 N–H and O–H groups in total. The molecule has 0 bridgehead atoms. The van der Waals surface area contributed by atoms with Crippen molar-refractivity contribution < 1.29 is 9.84 Å². The molecular weight excluding hydrogens is 236 g/mol. The molecule has 1 aromatic carbocycles. The quantitative estimate of drug-likeness (QED) is 0.899. The summed E-state index contributed by atoms with van der Waals surface area (Å²) in [6.07, 6.45) is 3.72. The first-order valence-corrected chi connectivity index (χ1v) is 7.28. The maximum Gasteiger partial charge on any atom is 0.122 e. The molecule has 0 heterocycles. The summed E-state index contributed by atoms with van der Waals surface area (Å²) in [6, 6.07) is 6.20. The fourth-order valence-corrected chi connectivity index (χ4v) is 3.78. The van der Waals surface area contributed by atoms with Gasteiger partial charge in [-0.3, -0.25) is 0 Å². The van der Waals surface area contributed by atoms with Gasteiger partial charge in [0.05, 0.1) is 12.7 Å². The third-order valence-corrected chi connectivity index (χ3v) is 4.22. The number of ether oxygens (including phenoxy) is 1. The van der Waals surface area contributed by atoms with Crippen LogP contribution in [0.5, 0.6) is 5.75 Å². The predicted octanol–water partition coefficient (Wildman–Crippen LogP) is 3.73. The summed E-state index contributed by atoms with van der Waals surface area (Å²) < 4.78 is 5.43. The molecule has 0 amide bonds. The van der Waals surface area contributed by atoms with Gasteiger partial charge in [-0.2, -0.15) is 0 Å². The van der Waals surface area contributed by atoms with Crippen LogP contribution in [0.2, 0.25) is 0 Å². The van der Waals surface area contributed by atoms with Crippen molar-refractivity contribution in [1.82, 2.24) is 0 Å². The van der Waals surface area contributed by atoms with Gasteiger partial charge in [0.25, 0.3) is 0 Å². The molecule has 1 fully saturated rings. The lowest BCUT2D eigenvalue weighted by molar-refractivity contribution is -0.0308. The lowest BCUT2D eigenvalue weighted by Crippen LogP contribution is -2.39. The van der Waals surface area contributed by atoms with Gasteiger partial charge in [0, 0.05) is 6.42 Å². The van der Waals surface area contributed by atoms with E-state index in [9.17, 15) is 5.11 Å². The molecule has 0 aliphatic heterocycles. The van der Waals surface area contributed by atoms with E-state index in [1.807, 2.05) is 6.07 Å². The lowest BCUT2D eigenvalue weighted by Gasteiger charge is -2.39. The number of aliphatic hydroxyl groups is 1. The summed E-state index contributed by atoms with van der Waals surface area (Å²) in [4.78, 5) is 0. The lowest BCUT2D eigenvalue weighted by atomic mass is 9.71. The highest BCUT2D eigenvalue weighted by Crippen LogP contribution is 2.39. The van der Waals surface area contributed by atoms with E-state index in [-0.39, 0.29) is 0 Å². The Labute approximate surface area is 116 Å². The van der Waals surface area contributed by atoms with E-state index in [4.69, 9.17) is 4.74 Å². The third-order valence-electron chi connectivity index (χ3n) is 4.22. The molecule has 2 nitrogen and oxygen atoms in total. The van der Waals surface area contributed by atoms with Gasteiger partial charge in [-0.15, -0.1) is 0 Å². The molecule has 0 saturated heterocycles. The van der Waals surface area contributed by atoms with Crippen LogP contribution < -0.4 is 4.74 Å². The van der Waals surface area contributed by atoms with E-state index in [0.29, 0.717) is 18.3 Å². The summed E-state index contributed by atoms with van der Waals surface area (Å²) in [5.74, 6) is 2.10. The first-order valence-electron chi connectivity index (χ1n) is 7.28. The van der Waals surface area contributed by atoms with Gasteiger partial charge in [0.2, 0.25) is 0 Å². The highest BCUT2D eigenvalue weighted by atomic mass is 16.5. The molecule has 2 rings (SSSR count). The highest BCUT2D eigenvalue weighted by Gasteiger charge is 2.36. The van der Waals surface area contributed by atoms with E-state index in [1.165, 1.54) is 12.0 Å². The zero-order valence-corrected chi connectivity index (χ0v) is 12.6. The van der Waals surface area contributed by atoms with Crippen LogP contribution in [0.4, 0.5) is 0 Å². The van der Waals surface area contributed by atoms with Crippen molar-refractivity contribution in [3.05, 3.63) is 29.3 Å². The molecule has 1 saturated carbocycles. The first kappa shape index (κ1) is 14.4. The molecule has 1 aromatic rings. The zero-order chi connectivity index (χ0) is 14.0. The van der Waals surface area contributed by atoms with Crippen molar-refractivity contribution in [3.8, 4) is 5.75 Å². The van der Waals surface area contributed by atoms with Crippen LogP contribution in [0.3, 0.4) is 0 Å². The minimum Gasteiger partial charge on any atom is -0.496 e. The van der Waals surface area contributed by atoms with Crippen molar-refractivity contribution >= 4 is 0 Å². The Morgan fingerprint density at radius 3 is 2.47 bits per heavy atom. The highest BCUT2D eigenvalue weighted by molar-refractivity contribution is 5.38. The Kier molecular flexibility index (Phi) is 4.19. The molecule has 1 aliphatic carbocycles. The topological polar surface area (TPSA) is 29.5 Å². The SMILES string of the molecule is COc1ccc(C)cc1CC1(O)CC(C)CC(C)C1. The maximum atomic E-state index is 10.9. The minimum absolute atomic E-state index is 0.571. The number of aryl methyl sites for hydroxylation is 1. The van der Waals surface area contributed by atoms with Crippen molar-refractivity contribution in [2.45, 2.75) is 52.1 Å². The van der Waals surface area contributed by atoms with Crippen LogP contribution in [-0.2, 0) is 6.42 Å². The number of benzene rings is 1. The fraction of sp³-hybridized carbons (Fsp3) is 0.647. The van der Waals surface area contributed by atoms with Crippen LogP contribution in [0.15, 0.2) is 18.2 Å². The molecule has 19 heavy (non-hydrogen) atoms. The van der Waals surface area contributed by atoms with Gasteiger partial charge in [-0.1, -0.05) is 31.5 Å². The van der Waals surface area contributed by atoms with Crippen LogP contribution in [0.1, 0.15) is 44.2 Å². The standard InChI is InChI=1S/C17H26O2/c1-12-5-6-16(19-4)15(8-12)11-17(18)9-13(2)7-14(3)10-17/h5-6,8,13-14,18H,7,9-11H2,1-4H3. The Morgan fingerprint density at radius 1 is 1.26 bits per heavy atom. The van der Waals surface area contributed by atoms with Crippen LogP contribution in [0, 0.1) is 18.8 Å². The summed E-state index contributed by atoms with van der Waals surface area (Å²) in [5, 5.41) is 10.9. The van der Waals surface area contributed by atoms with Gasteiger partial charge in [0.1, 0.15) is 5.75 Å². The van der Waals surface area contributed by atoms with E-state index < -0.39 is 5.60 Å². The molecule has 2 atom stereocenters. The number of rotatable bonds is 3. The third kappa shape index (κ3) is 3.50. The van der Waals surface area contributed by atoms with Crippen LogP contribution >= 0.6 is 0 Å². The van der Waals surface area contributed by atoms with Gasteiger partial charge >= 0.3 is 0 Å². The van der Waals surface area contributed by atoms with Gasteiger partial charge in [-0.25, -0.2) is 0 Å². The largest absolute Gasteiger partial charge is 0.496 e. The van der Waals surface area contributed by atoms with Crippen molar-refractivity contribution in [3.63, 3.8) is 0 Å². The van der Waals surface area contributed by atoms with Gasteiger partial charge in [-0.05, 0) is 49.7 Å². The van der Waals surface area contributed by atoms with Gasteiger partial charge < -0.3 is 9.84 Å². The van der Waals surface area contributed by atoms with Gasteiger partial charge in [0.15, 0.2) is 0 Å². The normalized spacial score (nSPS) is 31.2. The molecule has 0 spiro atoms. The Morgan fingerprint density at radius 2 is 1.89 bits per heavy atom. The second-order valence-electron chi connectivity index (χ2n) is 6.57. The minimum atomic E-state index is -0.571. The average molecular weight is 262 g/mol. The molecule has 1 aliphatic rings. The first-order chi connectivity index (χ1) is 8.92. The molecule has 106 valence electrons.